The van der Waals surface area contributed by atoms with E-state index in [-0.39, 0.29) is 12.6 Å². The predicted molar refractivity (Wildman–Crippen MR) is 98.1 cm³/mol. The average Bonchev–Trinajstić information content (AvgIpc) is 2.65. The van der Waals surface area contributed by atoms with Gasteiger partial charge in [0.1, 0.15) is 6.61 Å². The first kappa shape index (κ1) is 19.3. The highest BCUT2D eigenvalue weighted by Gasteiger charge is 1.94. The van der Waals surface area contributed by atoms with Gasteiger partial charge in [0.25, 0.3) is 0 Å². The molecule has 5 nitrogen and oxygen atoms in total. The van der Waals surface area contributed by atoms with Crippen molar-refractivity contribution in [2.75, 3.05) is 36.9 Å². The number of aliphatic hydroxyl groups is 1. The van der Waals surface area contributed by atoms with Crippen LogP contribution in [0.25, 0.3) is 0 Å². The Morgan fingerprint density at radius 1 is 0.958 bits per heavy atom. The van der Waals surface area contributed by atoms with Gasteiger partial charge in [-0.25, -0.2) is 4.79 Å². The molecule has 24 heavy (non-hydrogen) atoms. The zero-order valence-corrected chi connectivity index (χ0v) is 13.7. The van der Waals surface area contributed by atoms with Gasteiger partial charge in [-0.2, -0.15) is 0 Å². The van der Waals surface area contributed by atoms with Crippen molar-refractivity contribution in [3.63, 3.8) is 0 Å². The highest BCUT2D eigenvalue weighted by Crippen LogP contribution is 2.04. The van der Waals surface area contributed by atoms with Gasteiger partial charge in [0, 0.05) is 30.5 Å². The van der Waals surface area contributed by atoms with E-state index in [4.69, 9.17) is 9.84 Å². The first-order valence-corrected chi connectivity index (χ1v) is 7.74. The Bertz CT molecular complexity index is 574. The summed E-state index contributed by atoms with van der Waals surface area (Å²) in [7, 11) is 0. The lowest BCUT2D eigenvalue weighted by molar-refractivity contribution is -0.137. The van der Waals surface area contributed by atoms with E-state index in [9.17, 15) is 4.79 Å². The number of anilines is 2. The van der Waals surface area contributed by atoms with Crippen LogP contribution in [0.1, 0.15) is 0 Å². The summed E-state index contributed by atoms with van der Waals surface area (Å²) in [5.74, 6) is -0.389. The molecule has 0 bridgehead atoms. The molecule has 0 radical (unpaired) electrons. The number of benzene rings is 2. The molecule has 0 saturated heterocycles. The molecule has 2 aromatic carbocycles. The van der Waals surface area contributed by atoms with Crippen molar-refractivity contribution in [2.45, 2.75) is 0 Å². The second kappa shape index (κ2) is 12.7. The fraction of sp³-hybridized carbons (Fsp3) is 0.211. The van der Waals surface area contributed by atoms with Crippen LogP contribution < -0.4 is 10.6 Å². The molecule has 0 aliphatic rings. The molecular weight excluding hydrogens is 304 g/mol. The summed E-state index contributed by atoms with van der Waals surface area (Å²) in [6, 6.07) is 19.6. The van der Waals surface area contributed by atoms with Crippen molar-refractivity contribution in [2.24, 2.45) is 0 Å². The third-order valence-corrected chi connectivity index (χ3v) is 2.83. The molecule has 5 heteroatoms. The van der Waals surface area contributed by atoms with Crippen LogP contribution in [0, 0.1) is 0 Å². The van der Waals surface area contributed by atoms with E-state index in [2.05, 4.69) is 17.2 Å². The number of ether oxygens (including phenoxy) is 1. The van der Waals surface area contributed by atoms with E-state index in [0.717, 1.165) is 17.5 Å². The van der Waals surface area contributed by atoms with Gasteiger partial charge in [0.05, 0.1) is 6.61 Å². The maximum Gasteiger partial charge on any atom is 0.330 e. The smallest absolute Gasteiger partial charge is 0.330 e. The first-order chi connectivity index (χ1) is 11.8. The molecule has 2 rings (SSSR count). The molecule has 0 aliphatic heterocycles. The largest absolute Gasteiger partial charge is 0.461 e. The summed E-state index contributed by atoms with van der Waals surface area (Å²) in [5, 5.41) is 14.6. The molecule has 0 amide bonds. The lowest BCUT2D eigenvalue weighted by atomic mass is 10.3. The highest BCUT2D eigenvalue weighted by molar-refractivity contribution is 5.81. The summed E-state index contributed by atoms with van der Waals surface area (Å²) < 4.78 is 4.79. The Morgan fingerprint density at radius 3 is 1.92 bits per heavy atom. The Labute approximate surface area is 143 Å². The molecule has 2 aromatic rings. The van der Waals surface area contributed by atoms with E-state index in [1.807, 2.05) is 60.7 Å². The molecule has 0 spiro atoms. The summed E-state index contributed by atoms with van der Waals surface area (Å²) in [6.45, 7) is 5.04. The van der Waals surface area contributed by atoms with Gasteiger partial charge in [0.15, 0.2) is 0 Å². The lowest BCUT2D eigenvalue weighted by Crippen LogP contribution is -2.11. The van der Waals surface area contributed by atoms with E-state index in [1.54, 1.807) is 0 Å². The van der Waals surface area contributed by atoms with Gasteiger partial charge in [0.2, 0.25) is 0 Å². The molecule has 0 aromatic heterocycles. The Kier molecular flexibility index (Phi) is 10.2. The fourth-order valence-electron chi connectivity index (χ4n) is 1.72. The molecule has 0 atom stereocenters. The number of rotatable bonds is 8. The van der Waals surface area contributed by atoms with Crippen LogP contribution in [0.5, 0.6) is 0 Å². The average molecular weight is 328 g/mol. The minimum absolute atomic E-state index is 0.175. The van der Waals surface area contributed by atoms with Gasteiger partial charge in [-0.3, -0.25) is 0 Å². The number of hydrogen-bond donors (Lipinski definition) is 3. The van der Waals surface area contributed by atoms with E-state index in [0.29, 0.717) is 19.7 Å². The number of carbonyl (C=O) groups excluding carboxylic acids is 1. The van der Waals surface area contributed by atoms with Gasteiger partial charge >= 0.3 is 5.97 Å². The molecule has 0 unspecified atom stereocenters. The zero-order valence-electron chi connectivity index (χ0n) is 13.7. The summed E-state index contributed by atoms with van der Waals surface area (Å²) in [5.41, 5.74) is 2.07. The second-order valence-corrected chi connectivity index (χ2v) is 4.68. The minimum Gasteiger partial charge on any atom is -0.461 e. The number of esters is 1. The van der Waals surface area contributed by atoms with Gasteiger partial charge in [-0.05, 0) is 24.3 Å². The predicted octanol–water partition coefficient (Wildman–Crippen LogP) is 2.92. The Morgan fingerprint density at radius 2 is 1.46 bits per heavy atom. The SMILES string of the molecule is C=CC(=O)OCCNc1ccccc1.OCCNc1ccccc1. The second-order valence-electron chi connectivity index (χ2n) is 4.68. The molecule has 0 saturated carbocycles. The number of nitrogens with one attached hydrogen (secondary N) is 2. The van der Waals surface area contributed by atoms with Crippen LogP contribution in [0.2, 0.25) is 0 Å². The third kappa shape index (κ3) is 9.27. The number of aliphatic hydroxyl groups excluding tert-OH is 1. The van der Waals surface area contributed by atoms with Crippen molar-refractivity contribution in [1.82, 2.24) is 0 Å². The third-order valence-electron chi connectivity index (χ3n) is 2.83. The van der Waals surface area contributed by atoms with Gasteiger partial charge in [-0.1, -0.05) is 43.0 Å². The quantitative estimate of drug-likeness (QED) is 0.395. The summed E-state index contributed by atoms with van der Waals surface area (Å²) >= 11 is 0. The Balaban J connectivity index is 0.000000254. The highest BCUT2D eigenvalue weighted by atomic mass is 16.5. The number of hydrogen-bond acceptors (Lipinski definition) is 5. The molecule has 3 N–H and O–H groups in total. The number of para-hydroxylation sites is 2. The fourth-order valence-corrected chi connectivity index (χ4v) is 1.72. The maximum atomic E-state index is 10.7. The summed E-state index contributed by atoms with van der Waals surface area (Å²) in [6.07, 6.45) is 1.16. The lowest BCUT2D eigenvalue weighted by Gasteiger charge is -2.05. The molecular formula is C19H24N2O3. The van der Waals surface area contributed by atoms with Crippen molar-refractivity contribution in [3.8, 4) is 0 Å². The summed E-state index contributed by atoms with van der Waals surface area (Å²) in [4.78, 5) is 10.7. The molecule has 128 valence electrons. The van der Waals surface area contributed by atoms with Gasteiger partial charge < -0.3 is 20.5 Å². The van der Waals surface area contributed by atoms with Crippen molar-refractivity contribution >= 4 is 17.3 Å². The van der Waals surface area contributed by atoms with Crippen LogP contribution in [0.15, 0.2) is 73.3 Å². The Hall–Kier alpha value is -2.79. The minimum atomic E-state index is -0.389. The van der Waals surface area contributed by atoms with Crippen LogP contribution >= 0.6 is 0 Å². The van der Waals surface area contributed by atoms with E-state index < -0.39 is 0 Å². The normalized spacial score (nSPS) is 9.21. The first-order valence-electron chi connectivity index (χ1n) is 7.74. The standard InChI is InChI=1S/C11H13NO2.C8H11NO/c1-2-11(13)14-9-8-12-10-6-4-3-5-7-10;10-7-6-9-8-4-2-1-3-5-8/h2-7,12H,1,8-9H2;1-5,9-10H,6-7H2. The van der Waals surface area contributed by atoms with Crippen molar-refractivity contribution in [3.05, 3.63) is 73.3 Å². The van der Waals surface area contributed by atoms with Crippen molar-refractivity contribution < 1.29 is 14.6 Å². The van der Waals surface area contributed by atoms with Crippen LogP contribution in [-0.2, 0) is 9.53 Å². The topological polar surface area (TPSA) is 70.6 Å². The molecule has 0 aliphatic carbocycles. The van der Waals surface area contributed by atoms with Crippen LogP contribution in [-0.4, -0.2) is 37.4 Å². The van der Waals surface area contributed by atoms with Crippen molar-refractivity contribution in [1.29, 1.82) is 0 Å². The van der Waals surface area contributed by atoms with Gasteiger partial charge in [-0.15, -0.1) is 0 Å². The number of carbonyl (C=O) groups is 1. The van der Waals surface area contributed by atoms with Crippen LogP contribution in [0.3, 0.4) is 0 Å². The van der Waals surface area contributed by atoms with E-state index >= 15 is 0 Å². The molecule has 0 heterocycles. The van der Waals surface area contributed by atoms with Crippen LogP contribution in [0.4, 0.5) is 11.4 Å². The maximum absolute atomic E-state index is 10.7. The van der Waals surface area contributed by atoms with E-state index in [1.165, 1.54) is 0 Å². The molecule has 0 fully saturated rings. The zero-order chi connectivity index (χ0) is 17.5. The monoisotopic (exact) mass is 328 g/mol.